The maximum atomic E-state index is 13.9. The van der Waals surface area contributed by atoms with Gasteiger partial charge in [-0.15, -0.1) is 0 Å². The van der Waals surface area contributed by atoms with E-state index in [0.717, 1.165) is 16.9 Å². The highest BCUT2D eigenvalue weighted by Gasteiger charge is 2.50. The summed E-state index contributed by atoms with van der Waals surface area (Å²) >= 11 is 0. The van der Waals surface area contributed by atoms with Gasteiger partial charge in [-0.2, -0.15) is 18.3 Å². The minimum absolute atomic E-state index is 0.0170. The van der Waals surface area contributed by atoms with E-state index in [4.69, 9.17) is 5.73 Å². The molecule has 0 aromatic carbocycles. The Balaban J connectivity index is 1.74. The summed E-state index contributed by atoms with van der Waals surface area (Å²) in [6, 6.07) is 2.37. The number of hydrogen-bond acceptors (Lipinski definition) is 4. The quantitative estimate of drug-likeness (QED) is 0.667. The number of carbonyl (C=O) groups excluding carboxylic acids is 2. The van der Waals surface area contributed by atoms with E-state index < -0.39 is 53.6 Å². The number of nitrogens with one attached hydrogen (secondary N) is 1. The van der Waals surface area contributed by atoms with Gasteiger partial charge in [0.2, 0.25) is 0 Å². The van der Waals surface area contributed by atoms with Crippen molar-refractivity contribution in [2.45, 2.75) is 50.2 Å². The molecule has 2 amide bonds. The lowest BCUT2D eigenvalue weighted by atomic mass is 9.81. The van der Waals surface area contributed by atoms with Crippen molar-refractivity contribution in [3.63, 3.8) is 0 Å². The lowest BCUT2D eigenvalue weighted by Crippen LogP contribution is -2.42. The fourth-order valence-corrected chi connectivity index (χ4v) is 3.60. The molecule has 0 radical (unpaired) electrons. The molecule has 2 aromatic rings. The van der Waals surface area contributed by atoms with Crippen molar-refractivity contribution < 1.29 is 31.5 Å². The van der Waals surface area contributed by atoms with Crippen LogP contribution in [0.2, 0.25) is 0 Å². The van der Waals surface area contributed by atoms with Crippen LogP contribution < -0.4 is 11.1 Å². The van der Waals surface area contributed by atoms with Gasteiger partial charge in [0, 0.05) is 30.1 Å². The number of anilines is 1. The van der Waals surface area contributed by atoms with E-state index in [-0.39, 0.29) is 29.9 Å². The fraction of sp³-hybridized carbons (Fsp3) is 0.474. The van der Waals surface area contributed by atoms with Gasteiger partial charge in [-0.25, -0.2) is 8.78 Å². The lowest BCUT2D eigenvalue weighted by Gasteiger charge is -2.36. The molecule has 4 rings (SSSR count). The number of rotatable bonds is 6. The van der Waals surface area contributed by atoms with Crippen LogP contribution in [-0.2, 0) is 12.7 Å². The molecule has 2 aliphatic rings. The molecule has 2 aromatic heterocycles. The van der Waals surface area contributed by atoms with Gasteiger partial charge in [-0.05, 0) is 31.4 Å². The number of pyridine rings is 1. The van der Waals surface area contributed by atoms with Crippen LogP contribution in [0.5, 0.6) is 0 Å². The van der Waals surface area contributed by atoms with Crippen LogP contribution >= 0.6 is 0 Å². The Kier molecular flexibility index (Phi) is 4.97. The van der Waals surface area contributed by atoms with Crippen molar-refractivity contribution in [3.8, 4) is 0 Å². The first kappa shape index (κ1) is 21.2. The van der Waals surface area contributed by atoms with Gasteiger partial charge >= 0.3 is 6.18 Å². The highest BCUT2D eigenvalue weighted by Crippen LogP contribution is 2.48. The zero-order valence-electron chi connectivity index (χ0n) is 16.0. The molecule has 31 heavy (non-hydrogen) atoms. The largest absolute Gasteiger partial charge is 0.420 e. The van der Waals surface area contributed by atoms with E-state index in [9.17, 15) is 31.5 Å². The third-order valence-electron chi connectivity index (χ3n) is 5.53. The Hall–Kier alpha value is -3.05. The third kappa shape index (κ3) is 4.10. The molecule has 2 heterocycles. The zero-order valence-corrected chi connectivity index (χ0v) is 16.0. The van der Waals surface area contributed by atoms with Crippen LogP contribution in [0.3, 0.4) is 0 Å². The van der Waals surface area contributed by atoms with E-state index in [1.807, 2.05) is 0 Å². The summed E-state index contributed by atoms with van der Waals surface area (Å²) in [7, 11) is 0. The molecule has 0 aliphatic heterocycles. The van der Waals surface area contributed by atoms with E-state index in [1.54, 1.807) is 0 Å². The van der Waals surface area contributed by atoms with Crippen molar-refractivity contribution in [1.82, 2.24) is 14.8 Å². The van der Waals surface area contributed by atoms with Gasteiger partial charge in [0.25, 0.3) is 17.7 Å². The molecule has 7 nitrogen and oxygen atoms in total. The fourth-order valence-electron chi connectivity index (χ4n) is 3.60. The topological polar surface area (TPSA) is 103 Å². The van der Waals surface area contributed by atoms with Crippen molar-refractivity contribution in [2.75, 3.05) is 5.32 Å². The maximum Gasteiger partial charge on any atom is 0.420 e. The van der Waals surface area contributed by atoms with Gasteiger partial charge in [-0.1, -0.05) is 0 Å². The van der Waals surface area contributed by atoms with Crippen molar-refractivity contribution in [1.29, 1.82) is 0 Å². The van der Waals surface area contributed by atoms with E-state index in [0.29, 0.717) is 12.8 Å². The van der Waals surface area contributed by atoms with Crippen LogP contribution in [-0.4, -0.2) is 32.5 Å². The van der Waals surface area contributed by atoms with Crippen LogP contribution in [0.4, 0.5) is 27.6 Å². The first-order chi connectivity index (χ1) is 14.5. The third-order valence-corrected chi connectivity index (χ3v) is 5.53. The average molecular weight is 443 g/mol. The van der Waals surface area contributed by atoms with Gasteiger partial charge in [0.1, 0.15) is 17.0 Å². The molecule has 1 atom stereocenters. The Morgan fingerprint density at radius 3 is 2.48 bits per heavy atom. The van der Waals surface area contributed by atoms with Gasteiger partial charge in [0.05, 0.1) is 12.2 Å². The standard InChI is InChI=1S/C19H18F5N5O2/c20-18(21)5-3-10(18)8-29-15(13(19(22,23)24)14(28-29)9-1-2-9)17(31)27-11-4-6-26-12(7-11)16(25)30/h4,6-7,9-10H,1-3,5,8H2,(H2,25,30)(H,26,27,31)/t10-/m1/s1. The molecule has 0 unspecified atom stereocenters. The second-order valence-electron chi connectivity index (χ2n) is 7.81. The molecule has 0 bridgehead atoms. The lowest BCUT2D eigenvalue weighted by molar-refractivity contribution is -0.140. The Bertz CT molecular complexity index is 1040. The number of primary amides is 1. The number of nitrogens with two attached hydrogens (primary N) is 1. The number of hydrogen-bond donors (Lipinski definition) is 2. The average Bonchev–Trinajstić information content (AvgIpc) is 3.44. The summed E-state index contributed by atoms with van der Waals surface area (Å²) in [6.07, 6.45) is -3.01. The van der Waals surface area contributed by atoms with Crippen LogP contribution in [0, 0.1) is 5.92 Å². The van der Waals surface area contributed by atoms with Crippen LogP contribution in [0.15, 0.2) is 18.3 Å². The minimum Gasteiger partial charge on any atom is -0.364 e. The molecule has 2 saturated carbocycles. The molecule has 2 fully saturated rings. The van der Waals surface area contributed by atoms with Crippen molar-refractivity contribution >= 4 is 17.5 Å². The summed E-state index contributed by atoms with van der Waals surface area (Å²) in [4.78, 5) is 27.9. The highest BCUT2D eigenvalue weighted by atomic mass is 19.4. The van der Waals surface area contributed by atoms with E-state index >= 15 is 0 Å². The minimum atomic E-state index is -4.90. The molecule has 0 spiro atoms. The van der Waals surface area contributed by atoms with Crippen LogP contribution in [0.25, 0.3) is 0 Å². The second-order valence-corrected chi connectivity index (χ2v) is 7.81. The zero-order chi connectivity index (χ0) is 22.6. The Labute approximate surface area is 172 Å². The molecule has 12 heteroatoms. The number of carbonyl (C=O) groups is 2. The number of halogens is 5. The number of amides is 2. The number of nitrogens with zero attached hydrogens (tertiary/aromatic N) is 3. The van der Waals surface area contributed by atoms with E-state index in [2.05, 4.69) is 15.4 Å². The second kappa shape index (κ2) is 7.27. The summed E-state index contributed by atoms with van der Waals surface area (Å²) in [5, 5.41) is 6.22. The predicted octanol–water partition coefficient (Wildman–Crippen LogP) is 3.57. The Morgan fingerprint density at radius 1 is 1.26 bits per heavy atom. The first-order valence-corrected chi connectivity index (χ1v) is 9.60. The van der Waals surface area contributed by atoms with Gasteiger partial charge < -0.3 is 11.1 Å². The monoisotopic (exact) mass is 443 g/mol. The summed E-state index contributed by atoms with van der Waals surface area (Å²) in [5.41, 5.74) is 2.58. The van der Waals surface area contributed by atoms with Gasteiger partial charge in [0.15, 0.2) is 0 Å². The highest BCUT2D eigenvalue weighted by molar-refractivity contribution is 6.05. The molecule has 166 valence electrons. The molecular formula is C19H18F5N5O2. The van der Waals surface area contributed by atoms with Crippen molar-refractivity contribution in [2.24, 2.45) is 11.7 Å². The first-order valence-electron chi connectivity index (χ1n) is 9.60. The SMILES string of the molecule is NC(=O)c1cc(NC(=O)c2c(C(F)(F)F)c(C3CC3)nn2C[C@H]2CCC2(F)F)ccn1. The molecule has 0 saturated heterocycles. The van der Waals surface area contributed by atoms with Crippen molar-refractivity contribution in [3.05, 3.63) is 41.0 Å². The number of aromatic nitrogens is 3. The summed E-state index contributed by atoms with van der Waals surface area (Å²) in [6.45, 7) is -0.506. The number of alkyl halides is 5. The maximum absolute atomic E-state index is 13.9. The Morgan fingerprint density at radius 2 is 1.97 bits per heavy atom. The van der Waals surface area contributed by atoms with E-state index in [1.165, 1.54) is 6.07 Å². The smallest absolute Gasteiger partial charge is 0.364 e. The normalized spacial score (nSPS) is 20.2. The summed E-state index contributed by atoms with van der Waals surface area (Å²) < 4.78 is 70.1. The molecule has 3 N–H and O–H groups in total. The molecular weight excluding hydrogens is 425 g/mol. The predicted molar refractivity (Wildman–Crippen MR) is 97.6 cm³/mol. The summed E-state index contributed by atoms with van der Waals surface area (Å²) in [5.74, 6) is -6.74. The van der Waals surface area contributed by atoms with Crippen LogP contribution in [0.1, 0.15) is 63.8 Å². The molecule has 2 aliphatic carbocycles. The van der Waals surface area contributed by atoms with Gasteiger partial charge in [-0.3, -0.25) is 19.3 Å².